The van der Waals surface area contributed by atoms with Crippen LogP contribution in [0.4, 0.5) is 8.78 Å². The van der Waals surface area contributed by atoms with Crippen molar-refractivity contribution in [1.29, 1.82) is 0 Å². The standard InChI is InChI=1S/C17H15F2NO2/c1-17(2,15(21)11-7-4-3-5-8-11)20-16(22)14-12(18)9-6-10-13(14)19/h3-10H,1-2H3,(H,20,22). The number of nitrogens with one attached hydrogen (secondary N) is 1. The lowest BCUT2D eigenvalue weighted by molar-refractivity contribution is 0.0793. The molecule has 0 fully saturated rings. The van der Waals surface area contributed by atoms with Crippen molar-refractivity contribution in [1.82, 2.24) is 5.32 Å². The molecule has 2 rings (SSSR count). The summed E-state index contributed by atoms with van der Waals surface area (Å²) in [4.78, 5) is 24.5. The summed E-state index contributed by atoms with van der Waals surface area (Å²) < 4.78 is 27.2. The molecule has 0 aliphatic heterocycles. The fourth-order valence-corrected chi connectivity index (χ4v) is 2.07. The Kier molecular flexibility index (Phi) is 4.35. The topological polar surface area (TPSA) is 46.2 Å². The Morgan fingerprint density at radius 3 is 2.00 bits per heavy atom. The first-order valence-electron chi connectivity index (χ1n) is 6.69. The van der Waals surface area contributed by atoms with Crippen LogP contribution in [0.1, 0.15) is 34.6 Å². The number of halogens is 2. The summed E-state index contributed by atoms with van der Waals surface area (Å²) >= 11 is 0. The quantitative estimate of drug-likeness (QED) is 0.880. The molecule has 0 bridgehead atoms. The van der Waals surface area contributed by atoms with Crippen LogP contribution < -0.4 is 5.32 Å². The molecule has 0 saturated carbocycles. The molecule has 0 radical (unpaired) electrons. The number of carbonyl (C=O) groups is 2. The van der Waals surface area contributed by atoms with Gasteiger partial charge < -0.3 is 5.32 Å². The van der Waals surface area contributed by atoms with Gasteiger partial charge in [0.1, 0.15) is 17.2 Å². The molecule has 2 aromatic rings. The minimum atomic E-state index is -1.30. The second kappa shape index (κ2) is 6.05. The highest BCUT2D eigenvalue weighted by molar-refractivity contribution is 6.06. The van der Waals surface area contributed by atoms with Gasteiger partial charge in [-0.3, -0.25) is 9.59 Å². The van der Waals surface area contributed by atoms with Gasteiger partial charge in [-0.15, -0.1) is 0 Å². The molecule has 0 aromatic heterocycles. The largest absolute Gasteiger partial charge is 0.340 e. The predicted octanol–water partition coefficient (Wildman–Crippen LogP) is 3.36. The molecule has 1 N–H and O–H groups in total. The van der Waals surface area contributed by atoms with Crippen LogP contribution in [0.5, 0.6) is 0 Å². The Morgan fingerprint density at radius 2 is 1.45 bits per heavy atom. The molecule has 3 nitrogen and oxygen atoms in total. The second-order valence-corrected chi connectivity index (χ2v) is 5.37. The van der Waals surface area contributed by atoms with Crippen molar-refractivity contribution < 1.29 is 18.4 Å². The summed E-state index contributed by atoms with van der Waals surface area (Å²) in [5.74, 6) is -3.26. The van der Waals surface area contributed by atoms with E-state index in [0.29, 0.717) is 5.56 Å². The van der Waals surface area contributed by atoms with Gasteiger partial charge in [0.15, 0.2) is 5.78 Å². The van der Waals surface area contributed by atoms with E-state index in [1.54, 1.807) is 30.3 Å². The van der Waals surface area contributed by atoms with Gasteiger partial charge in [-0.2, -0.15) is 0 Å². The summed E-state index contributed by atoms with van der Waals surface area (Å²) in [7, 11) is 0. The van der Waals surface area contributed by atoms with Gasteiger partial charge in [0.05, 0.1) is 5.54 Å². The molecular weight excluding hydrogens is 288 g/mol. The van der Waals surface area contributed by atoms with Crippen molar-refractivity contribution >= 4 is 11.7 Å². The normalized spacial score (nSPS) is 11.1. The van der Waals surface area contributed by atoms with Gasteiger partial charge in [0.2, 0.25) is 0 Å². The first kappa shape index (κ1) is 15.8. The fraction of sp³-hybridized carbons (Fsp3) is 0.176. The maximum atomic E-state index is 13.6. The highest BCUT2D eigenvalue weighted by Gasteiger charge is 2.32. The highest BCUT2D eigenvalue weighted by Crippen LogP contribution is 2.17. The molecule has 0 spiro atoms. The maximum Gasteiger partial charge on any atom is 0.258 e. The monoisotopic (exact) mass is 303 g/mol. The molecule has 0 heterocycles. The number of amides is 1. The molecular formula is C17H15F2NO2. The fourth-order valence-electron chi connectivity index (χ4n) is 2.07. The molecule has 0 atom stereocenters. The molecule has 0 unspecified atom stereocenters. The summed E-state index contributed by atoms with van der Waals surface area (Å²) in [5.41, 5.74) is -1.59. The Hall–Kier alpha value is -2.56. The lowest BCUT2D eigenvalue weighted by Gasteiger charge is -2.25. The molecule has 22 heavy (non-hydrogen) atoms. The number of carbonyl (C=O) groups excluding carboxylic acids is 2. The van der Waals surface area contributed by atoms with E-state index in [4.69, 9.17) is 0 Å². The van der Waals surface area contributed by atoms with Crippen LogP contribution in [-0.2, 0) is 0 Å². The molecule has 1 amide bonds. The zero-order chi connectivity index (χ0) is 16.3. The summed E-state index contributed by atoms with van der Waals surface area (Å²) in [6.07, 6.45) is 0. The van der Waals surface area contributed by atoms with Crippen LogP contribution in [0, 0.1) is 11.6 Å². The minimum Gasteiger partial charge on any atom is -0.340 e. The van der Waals surface area contributed by atoms with Gasteiger partial charge in [-0.25, -0.2) is 8.78 Å². The average Bonchev–Trinajstić information content (AvgIpc) is 2.46. The number of Topliss-reactive ketones (excluding diaryl/α,β-unsaturated/α-hetero) is 1. The van der Waals surface area contributed by atoms with Crippen molar-refractivity contribution in [3.8, 4) is 0 Å². The van der Waals surface area contributed by atoms with E-state index in [0.717, 1.165) is 12.1 Å². The summed E-state index contributed by atoms with van der Waals surface area (Å²) in [5, 5.41) is 2.38. The van der Waals surface area contributed by atoms with Crippen LogP contribution in [0.15, 0.2) is 48.5 Å². The average molecular weight is 303 g/mol. The number of hydrogen-bond donors (Lipinski definition) is 1. The molecule has 114 valence electrons. The van der Waals surface area contributed by atoms with Gasteiger partial charge in [0, 0.05) is 5.56 Å². The van der Waals surface area contributed by atoms with Crippen LogP contribution in [0.3, 0.4) is 0 Å². The van der Waals surface area contributed by atoms with Crippen molar-refractivity contribution in [2.24, 2.45) is 0 Å². The smallest absolute Gasteiger partial charge is 0.258 e. The lowest BCUT2D eigenvalue weighted by Crippen LogP contribution is -2.50. The van der Waals surface area contributed by atoms with Crippen LogP contribution in [0.25, 0.3) is 0 Å². The second-order valence-electron chi connectivity index (χ2n) is 5.37. The number of ketones is 1. The molecule has 0 aliphatic rings. The van der Waals surface area contributed by atoms with E-state index in [-0.39, 0.29) is 5.78 Å². The van der Waals surface area contributed by atoms with Crippen molar-refractivity contribution in [3.05, 3.63) is 71.3 Å². The zero-order valence-corrected chi connectivity index (χ0v) is 12.2. The zero-order valence-electron chi connectivity index (χ0n) is 12.2. The van der Waals surface area contributed by atoms with E-state index in [9.17, 15) is 18.4 Å². The lowest BCUT2D eigenvalue weighted by atomic mass is 9.92. The number of hydrogen-bond acceptors (Lipinski definition) is 2. The molecule has 5 heteroatoms. The van der Waals surface area contributed by atoms with Crippen molar-refractivity contribution in [2.45, 2.75) is 19.4 Å². The summed E-state index contributed by atoms with van der Waals surface area (Å²) in [6.45, 7) is 2.97. The van der Waals surface area contributed by atoms with Gasteiger partial charge in [-0.05, 0) is 26.0 Å². The number of benzene rings is 2. The molecule has 0 aliphatic carbocycles. The van der Waals surface area contributed by atoms with E-state index in [1.165, 1.54) is 19.9 Å². The van der Waals surface area contributed by atoms with Crippen LogP contribution >= 0.6 is 0 Å². The van der Waals surface area contributed by atoms with Gasteiger partial charge in [0.25, 0.3) is 5.91 Å². The van der Waals surface area contributed by atoms with Crippen LogP contribution in [0.2, 0.25) is 0 Å². The van der Waals surface area contributed by atoms with Crippen molar-refractivity contribution in [3.63, 3.8) is 0 Å². The SMILES string of the molecule is CC(C)(NC(=O)c1c(F)cccc1F)C(=O)c1ccccc1. The first-order chi connectivity index (χ1) is 10.3. The van der Waals surface area contributed by atoms with E-state index in [1.807, 2.05) is 0 Å². The predicted molar refractivity (Wildman–Crippen MR) is 78.7 cm³/mol. The van der Waals surface area contributed by atoms with Gasteiger partial charge >= 0.3 is 0 Å². The Bertz CT molecular complexity index is 692. The Morgan fingerprint density at radius 1 is 0.909 bits per heavy atom. The minimum absolute atomic E-state index is 0.349. The first-order valence-corrected chi connectivity index (χ1v) is 6.69. The third kappa shape index (κ3) is 3.19. The van der Waals surface area contributed by atoms with Crippen LogP contribution in [-0.4, -0.2) is 17.2 Å². The van der Waals surface area contributed by atoms with Gasteiger partial charge in [-0.1, -0.05) is 36.4 Å². The maximum absolute atomic E-state index is 13.6. The third-order valence-corrected chi connectivity index (χ3v) is 3.22. The van der Waals surface area contributed by atoms with E-state index < -0.39 is 28.6 Å². The van der Waals surface area contributed by atoms with Crippen molar-refractivity contribution in [2.75, 3.05) is 0 Å². The summed E-state index contributed by atoms with van der Waals surface area (Å²) in [6, 6.07) is 11.5. The Balaban J connectivity index is 2.25. The van der Waals surface area contributed by atoms with E-state index in [2.05, 4.69) is 5.32 Å². The molecule has 0 saturated heterocycles. The van der Waals surface area contributed by atoms with E-state index >= 15 is 0 Å². The molecule has 2 aromatic carbocycles. The third-order valence-electron chi connectivity index (χ3n) is 3.22. The highest BCUT2D eigenvalue weighted by atomic mass is 19.1. The number of rotatable bonds is 4. The Labute approximate surface area is 127 Å².